The van der Waals surface area contributed by atoms with Gasteiger partial charge in [-0.15, -0.1) is 0 Å². The first-order valence-corrected chi connectivity index (χ1v) is 18.4. The third kappa shape index (κ3) is 7.35. The Morgan fingerprint density at radius 1 is 0.963 bits per heavy atom. The SMILES string of the molecule is O=C(Nc1cccc(-c2cccc(Nc3nc(C(F)F)nc4cc(CN5CC(F)(F)C5)cnc34)c2Cl)c1Cl)c1cc2n(n1)CCC[C@H]2N1CCC(O)CC1. The third-order valence-corrected chi connectivity index (χ3v) is 10.9. The summed E-state index contributed by atoms with van der Waals surface area (Å²) in [4.78, 5) is 29.8. The lowest BCUT2D eigenvalue weighted by atomic mass is 9.98. The van der Waals surface area contributed by atoms with Gasteiger partial charge in [0, 0.05) is 43.5 Å². The van der Waals surface area contributed by atoms with Crippen molar-refractivity contribution in [3.05, 3.63) is 87.5 Å². The van der Waals surface area contributed by atoms with E-state index in [1.807, 2.05) is 10.7 Å². The van der Waals surface area contributed by atoms with Crippen LogP contribution >= 0.6 is 23.2 Å². The number of hydrogen-bond donors (Lipinski definition) is 3. The quantitative estimate of drug-likeness (QED) is 0.128. The zero-order chi connectivity index (χ0) is 37.7. The molecule has 6 heterocycles. The van der Waals surface area contributed by atoms with Crippen molar-refractivity contribution in [3.8, 4) is 11.1 Å². The summed E-state index contributed by atoms with van der Waals surface area (Å²) in [5.74, 6) is -3.93. The molecule has 54 heavy (non-hydrogen) atoms. The van der Waals surface area contributed by atoms with Gasteiger partial charge in [-0.05, 0) is 55.5 Å². The summed E-state index contributed by atoms with van der Waals surface area (Å²) in [5.41, 5.74) is 3.73. The summed E-state index contributed by atoms with van der Waals surface area (Å²) in [6, 6.07) is 13.7. The van der Waals surface area contributed by atoms with Crippen LogP contribution in [0.4, 0.5) is 34.8 Å². The van der Waals surface area contributed by atoms with Crippen molar-refractivity contribution in [1.82, 2.24) is 34.5 Å². The van der Waals surface area contributed by atoms with Gasteiger partial charge in [0.15, 0.2) is 17.3 Å². The molecule has 3 aliphatic rings. The van der Waals surface area contributed by atoms with E-state index in [0.29, 0.717) is 34.6 Å². The van der Waals surface area contributed by atoms with Crippen LogP contribution in [0.15, 0.2) is 54.7 Å². The van der Waals surface area contributed by atoms with Crippen molar-refractivity contribution in [1.29, 1.82) is 0 Å². The van der Waals surface area contributed by atoms with E-state index in [4.69, 9.17) is 23.2 Å². The zero-order valence-electron chi connectivity index (χ0n) is 28.8. The maximum atomic E-state index is 13.9. The second kappa shape index (κ2) is 14.7. The Labute approximate surface area is 317 Å². The number of rotatable bonds is 9. The third-order valence-electron chi connectivity index (χ3n) is 10.1. The molecule has 3 aromatic heterocycles. The van der Waals surface area contributed by atoms with Crippen molar-refractivity contribution < 1.29 is 27.5 Å². The molecule has 5 aromatic rings. The average molecular weight is 785 g/mol. The van der Waals surface area contributed by atoms with Crippen LogP contribution < -0.4 is 10.6 Å². The van der Waals surface area contributed by atoms with Crippen LogP contribution in [-0.2, 0) is 13.1 Å². The standard InChI is InChI=1S/C37H35Cl2F4N9O2/c38-30-22(4-1-6-24(30)45-34-32-26(46-35(48-34)33(40)41)14-20(16-44-32)17-50-18-37(42,43)19-50)23-5-2-7-25(31(23)39)47-36(54)27-15-29-28(8-3-11-52(29)49-27)51-12-9-21(53)10-13-51/h1-2,4-7,14-16,21,28,33,53H,3,8-13,17-19H2,(H,47,54)(H,45,46,48)/t28-/m1/s1. The number of aliphatic hydroxyl groups excluding tert-OH is 1. The summed E-state index contributed by atoms with van der Waals surface area (Å²) in [7, 11) is 0. The number of benzene rings is 2. The van der Waals surface area contributed by atoms with Crippen LogP contribution in [0.1, 0.15) is 65.7 Å². The van der Waals surface area contributed by atoms with Crippen molar-refractivity contribution >= 4 is 57.3 Å². The highest BCUT2D eigenvalue weighted by Crippen LogP contribution is 2.42. The second-order valence-corrected chi connectivity index (χ2v) is 14.7. The van der Waals surface area contributed by atoms with Gasteiger partial charge in [-0.25, -0.2) is 27.5 Å². The molecule has 0 aliphatic carbocycles. The van der Waals surface area contributed by atoms with E-state index in [2.05, 4.69) is 35.6 Å². The molecule has 8 rings (SSSR count). The fraction of sp³-hybridized carbons (Fsp3) is 0.378. The number of alkyl halides is 4. The highest BCUT2D eigenvalue weighted by atomic mass is 35.5. The van der Waals surface area contributed by atoms with Crippen LogP contribution in [-0.4, -0.2) is 83.8 Å². The van der Waals surface area contributed by atoms with Crippen molar-refractivity contribution in [2.24, 2.45) is 0 Å². The average Bonchev–Trinajstić information content (AvgIpc) is 3.58. The zero-order valence-corrected chi connectivity index (χ0v) is 30.3. The Morgan fingerprint density at radius 3 is 2.37 bits per heavy atom. The van der Waals surface area contributed by atoms with Crippen LogP contribution in [0.5, 0.6) is 0 Å². The number of amides is 1. The lowest BCUT2D eigenvalue weighted by Crippen LogP contribution is -2.55. The first-order valence-electron chi connectivity index (χ1n) is 17.6. The number of carbonyl (C=O) groups excluding carboxylic acids is 1. The highest BCUT2D eigenvalue weighted by Gasteiger charge is 2.43. The summed E-state index contributed by atoms with van der Waals surface area (Å²) < 4.78 is 56.5. The Morgan fingerprint density at radius 2 is 1.67 bits per heavy atom. The number of fused-ring (bicyclic) bond motifs is 2. The number of pyridine rings is 1. The summed E-state index contributed by atoms with van der Waals surface area (Å²) >= 11 is 13.8. The number of halogens is 6. The van der Waals surface area contributed by atoms with E-state index in [9.17, 15) is 27.5 Å². The van der Waals surface area contributed by atoms with Gasteiger partial charge in [0.25, 0.3) is 18.3 Å². The minimum atomic E-state index is -3.00. The molecule has 1 amide bonds. The molecule has 17 heteroatoms. The molecule has 1 atom stereocenters. The van der Waals surface area contributed by atoms with Crippen LogP contribution in [0.25, 0.3) is 22.2 Å². The van der Waals surface area contributed by atoms with Crippen molar-refractivity contribution in [2.45, 2.75) is 63.3 Å². The number of aromatic nitrogens is 5. The minimum absolute atomic E-state index is 0.0219. The molecule has 2 saturated heterocycles. The summed E-state index contributed by atoms with van der Waals surface area (Å²) in [5, 5.41) is 20.9. The van der Waals surface area contributed by atoms with Gasteiger partial charge >= 0.3 is 0 Å². The molecule has 2 fully saturated rings. The second-order valence-electron chi connectivity index (χ2n) is 14.0. The number of aliphatic hydroxyl groups is 1. The molecule has 0 unspecified atom stereocenters. The highest BCUT2D eigenvalue weighted by molar-refractivity contribution is 6.39. The number of hydrogen-bond acceptors (Lipinski definition) is 9. The molecular formula is C37H35Cl2F4N9O2. The molecule has 2 aromatic carbocycles. The van der Waals surface area contributed by atoms with Gasteiger partial charge < -0.3 is 15.7 Å². The monoisotopic (exact) mass is 783 g/mol. The Balaban J connectivity index is 1.03. The largest absolute Gasteiger partial charge is 0.393 e. The molecule has 11 nitrogen and oxygen atoms in total. The fourth-order valence-electron chi connectivity index (χ4n) is 7.45. The number of likely N-dealkylation sites (tertiary alicyclic amines) is 2. The van der Waals surface area contributed by atoms with Crippen LogP contribution in [0, 0.1) is 0 Å². The smallest absolute Gasteiger partial charge is 0.297 e. The molecule has 3 N–H and O–H groups in total. The first-order chi connectivity index (χ1) is 25.9. The topological polar surface area (TPSA) is 124 Å². The van der Waals surface area contributed by atoms with Crippen LogP contribution in [0.2, 0.25) is 10.0 Å². The maximum absolute atomic E-state index is 13.9. The number of carbonyl (C=O) groups is 1. The van der Waals surface area contributed by atoms with Gasteiger partial charge in [-0.3, -0.25) is 24.3 Å². The number of aryl methyl sites for hydroxylation is 1. The van der Waals surface area contributed by atoms with Gasteiger partial charge in [0.1, 0.15) is 5.52 Å². The molecule has 3 aliphatic heterocycles. The van der Waals surface area contributed by atoms with Gasteiger partial charge in [-0.2, -0.15) is 5.10 Å². The lowest BCUT2D eigenvalue weighted by Gasteiger charge is -2.38. The van der Waals surface area contributed by atoms with E-state index < -0.39 is 37.2 Å². The fourth-order valence-corrected chi connectivity index (χ4v) is 8.00. The minimum Gasteiger partial charge on any atom is -0.393 e. The van der Waals surface area contributed by atoms with E-state index in [1.165, 1.54) is 17.2 Å². The molecular weight excluding hydrogens is 749 g/mol. The summed E-state index contributed by atoms with van der Waals surface area (Å²) in [6.45, 7) is 1.67. The first kappa shape index (κ1) is 36.6. The Bertz CT molecular complexity index is 2220. The Kier molecular flexibility index (Phi) is 9.94. The molecule has 0 spiro atoms. The van der Waals surface area contributed by atoms with Crippen LogP contribution in [0.3, 0.4) is 0 Å². The lowest BCUT2D eigenvalue weighted by molar-refractivity contribution is -0.133. The number of nitrogens with zero attached hydrogens (tertiary/aromatic N) is 7. The number of anilines is 3. The molecule has 0 bridgehead atoms. The summed E-state index contributed by atoms with van der Waals surface area (Å²) in [6.07, 6.45) is 1.54. The van der Waals surface area contributed by atoms with Gasteiger partial charge in [-0.1, -0.05) is 47.5 Å². The predicted octanol–water partition coefficient (Wildman–Crippen LogP) is 7.87. The van der Waals surface area contributed by atoms with E-state index in [1.54, 1.807) is 36.4 Å². The maximum Gasteiger partial charge on any atom is 0.297 e. The van der Waals surface area contributed by atoms with Crippen molar-refractivity contribution in [2.75, 3.05) is 36.8 Å². The normalized spacial score (nSPS) is 19.1. The Hall–Kier alpha value is -4.41. The number of piperidine rings is 1. The molecule has 0 radical (unpaired) electrons. The predicted molar refractivity (Wildman–Crippen MR) is 197 cm³/mol. The molecule has 0 saturated carbocycles. The van der Waals surface area contributed by atoms with E-state index in [0.717, 1.165) is 44.5 Å². The number of nitrogens with one attached hydrogen (secondary N) is 2. The van der Waals surface area contributed by atoms with Crippen molar-refractivity contribution in [3.63, 3.8) is 0 Å². The van der Waals surface area contributed by atoms with E-state index >= 15 is 0 Å². The van der Waals surface area contributed by atoms with Gasteiger partial charge in [0.05, 0.1) is 57.9 Å². The van der Waals surface area contributed by atoms with E-state index in [-0.39, 0.29) is 51.3 Å². The molecule has 282 valence electrons. The van der Waals surface area contributed by atoms with Gasteiger partial charge in [0.2, 0.25) is 0 Å².